The van der Waals surface area contributed by atoms with Crippen molar-refractivity contribution in [2.75, 3.05) is 30.5 Å². The summed E-state index contributed by atoms with van der Waals surface area (Å²) >= 11 is 0. The first-order valence-electron chi connectivity index (χ1n) is 12.1. The molecule has 1 aliphatic heterocycles. The first-order chi connectivity index (χ1) is 18.6. The maximum atomic E-state index is 12.6. The normalized spacial score (nSPS) is 14.6. The fourth-order valence-corrected chi connectivity index (χ4v) is 4.06. The Balaban J connectivity index is 1.32. The number of hydrogen-bond donors (Lipinski definition) is 1. The third kappa shape index (κ3) is 6.50. The van der Waals surface area contributed by atoms with E-state index >= 15 is 0 Å². The fourth-order valence-electron chi connectivity index (χ4n) is 4.06. The van der Waals surface area contributed by atoms with Crippen LogP contribution in [0.25, 0.3) is 0 Å². The van der Waals surface area contributed by atoms with Gasteiger partial charge in [0.25, 0.3) is 11.6 Å². The number of nitro benzene ring substituents is 1. The van der Waals surface area contributed by atoms with Gasteiger partial charge in [0.1, 0.15) is 22.9 Å². The van der Waals surface area contributed by atoms with E-state index in [0.717, 1.165) is 5.56 Å². The predicted octanol–water partition coefficient (Wildman–Crippen LogP) is 4.55. The highest BCUT2D eigenvalue weighted by Crippen LogP contribution is 2.31. The van der Waals surface area contributed by atoms with Gasteiger partial charge in [0.2, 0.25) is 5.91 Å². The van der Waals surface area contributed by atoms with E-state index in [0.29, 0.717) is 22.9 Å². The number of rotatable bonds is 9. The van der Waals surface area contributed by atoms with Crippen molar-refractivity contribution in [3.8, 4) is 17.2 Å². The molecular formula is C28H27N3O8. The summed E-state index contributed by atoms with van der Waals surface area (Å²) in [5, 5.41) is 13.6. The van der Waals surface area contributed by atoms with Crippen molar-refractivity contribution in [2.24, 2.45) is 5.92 Å². The molecule has 1 saturated heterocycles. The lowest BCUT2D eigenvalue weighted by Gasteiger charge is -2.17. The molecule has 0 spiro atoms. The Kier molecular flexibility index (Phi) is 8.09. The van der Waals surface area contributed by atoms with E-state index in [4.69, 9.17) is 14.2 Å². The maximum Gasteiger partial charge on any atom is 0.311 e. The summed E-state index contributed by atoms with van der Waals surface area (Å²) in [6.07, 6.45) is -0.0668. The van der Waals surface area contributed by atoms with Gasteiger partial charge in [-0.2, -0.15) is 0 Å². The molecule has 1 heterocycles. The second-order valence-electron chi connectivity index (χ2n) is 9.04. The molecule has 0 bridgehead atoms. The quantitative estimate of drug-likeness (QED) is 0.240. The Morgan fingerprint density at radius 1 is 1.00 bits per heavy atom. The van der Waals surface area contributed by atoms with Crippen LogP contribution in [-0.4, -0.2) is 43.0 Å². The van der Waals surface area contributed by atoms with Crippen LogP contribution < -0.4 is 19.7 Å². The number of ether oxygens (including phenoxy) is 3. The van der Waals surface area contributed by atoms with Crippen molar-refractivity contribution < 1.29 is 33.5 Å². The first-order valence-corrected chi connectivity index (χ1v) is 12.1. The summed E-state index contributed by atoms with van der Waals surface area (Å²) in [5.41, 5.74) is 2.46. The van der Waals surface area contributed by atoms with Gasteiger partial charge >= 0.3 is 5.97 Å². The number of benzene rings is 3. The second kappa shape index (κ2) is 11.6. The molecular weight excluding hydrogens is 506 g/mol. The monoisotopic (exact) mass is 533 g/mol. The largest absolute Gasteiger partial charge is 0.497 e. The smallest absolute Gasteiger partial charge is 0.311 e. The fraction of sp³-hybridized carbons (Fsp3) is 0.250. The number of methoxy groups -OCH3 is 1. The van der Waals surface area contributed by atoms with E-state index < -0.39 is 29.3 Å². The zero-order valence-electron chi connectivity index (χ0n) is 21.6. The van der Waals surface area contributed by atoms with Crippen LogP contribution in [0.3, 0.4) is 0 Å². The minimum Gasteiger partial charge on any atom is -0.497 e. The average Bonchev–Trinajstić information content (AvgIpc) is 3.31. The zero-order chi connectivity index (χ0) is 28.1. The molecule has 1 N–H and O–H groups in total. The van der Waals surface area contributed by atoms with Gasteiger partial charge in [0, 0.05) is 30.8 Å². The van der Waals surface area contributed by atoms with Crippen molar-refractivity contribution in [1.29, 1.82) is 0 Å². The summed E-state index contributed by atoms with van der Waals surface area (Å²) in [6.45, 7) is 3.46. The summed E-state index contributed by atoms with van der Waals surface area (Å²) in [4.78, 5) is 49.6. The van der Waals surface area contributed by atoms with Crippen LogP contribution in [-0.2, 0) is 19.1 Å². The number of hydrogen-bond acceptors (Lipinski definition) is 8. The third-order valence-electron chi connectivity index (χ3n) is 6.34. The van der Waals surface area contributed by atoms with Gasteiger partial charge in [0.05, 0.1) is 18.0 Å². The molecule has 3 aromatic carbocycles. The van der Waals surface area contributed by atoms with Crippen molar-refractivity contribution in [3.63, 3.8) is 0 Å². The maximum absolute atomic E-state index is 12.6. The van der Waals surface area contributed by atoms with Crippen molar-refractivity contribution in [3.05, 3.63) is 81.9 Å². The summed E-state index contributed by atoms with van der Waals surface area (Å²) in [5.74, 6) is -0.875. The second-order valence-corrected chi connectivity index (χ2v) is 9.04. The number of nitrogens with one attached hydrogen (secondary N) is 1. The first kappa shape index (κ1) is 27.1. The Bertz CT molecular complexity index is 1420. The van der Waals surface area contributed by atoms with Crippen LogP contribution in [0, 0.1) is 29.9 Å². The molecule has 0 aromatic heterocycles. The highest BCUT2D eigenvalue weighted by Gasteiger charge is 2.36. The number of carbonyl (C=O) groups excluding carboxylic acids is 3. The summed E-state index contributed by atoms with van der Waals surface area (Å²) in [7, 11) is 1.38. The molecule has 39 heavy (non-hydrogen) atoms. The van der Waals surface area contributed by atoms with Gasteiger partial charge in [0.15, 0.2) is 6.61 Å². The zero-order valence-corrected chi connectivity index (χ0v) is 21.6. The number of esters is 1. The molecule has 0 unspecified atom stereocenters. The van der Waals surface area contributed by atoms with Crippen molar-refractivity contribution in [2.45, 2.75) is 20.3 Å². The van der Waals surface area contributed by atoms with E-state index in [9.17, 15) is 24.5 Å². The average molecular weight is 534 g/mol. The van der Waals surface area contributed by atoms with E-state index in [2.05, 4.69) is 5.32 Å². The molecule has 11 heteroatoms. The lowest BCUT2D eigenvalue weighted by Crippen LogP contribution is -2.28. The highest BCUT2D eigenvalue weighted by atomic mass is 16.6. The SMILES string of the molecule is COc1ccc([N+](=O)[O-])c(NC(=O)COC(=O)[C@H]2CC(=O)N(c3ccc(Oc4ccc(C)c(C)c4)cc3)C2)c1. The van der Waals surface area contributed by atoms with Crippen LogP contribution in [0.15, 0.2) is 60.7 Å². The lowest BCUT2D eigenvalue weighted by atomic mass is 10.1. The molecule has 0 aliphatic carbocycles. The van der Waals surface area contributed by atoms with Crippen LogP contribution >= 0.6 is 0 Å². The van der Waals surface area contributed by atoms with Crippen LogP contribution in [0.1, 0.15) is 17.5 Å². The Labute approximate surface area is 224 Å². The minimum atomic E-state index is -0.764. The number of anilines is 2. The Morgan fingerprint density at radius 2 is 1.69 bits per heavy atom. The van der Waals surface area contributed by atoms with Gasteiger partial charge in [-0.15, -0.1) is 0 Å². The van der Waals surface area contributed by atoms with E-state index in [1.54, 1.807) is 24.3 Å². The Hall–Kier alpha value is -4.93. The molecule has 2 amide bonds. The van der Waals surface area contributed by atoms with Gasteiger partial charge in [-0.25, -0.2) is 0 Å². The van der Waals surface area contributed by atoms with Crippen molar-refractivity contribution in [1.82, 2.24) is 0 Å². The summed E-state index contributed by atoms with van der Waals surface area (Å²) < 4.78 is 16.0. The van der Waals surface area contributed by atoms with Gasteiger partial charge < -0.3 is 24.4 Å². The molecule has 0 saturated carbocycles. The number of nitro groups is 1. The molecule has 4 rings (SSSR count). The standard InChI is InChI=1S/C28H27N3O8/c1-17-4-7-23(12-18(17)2)39-21-8-5-20(6-9-21)30-15-19(13-27(30)33)28(34)38-16-26(32)29-24-14-22(37-3)10-11-25(24)31(35)36/h4-12,14,19H,13,15-16H2,1-3H3,(H,29,32)/t19-/m0/s1. The highest BCUT2D eigenvalue weighted by molar-refractivity contribution is 6.00. The molecule has 11 nitrogen and oxygen atoms in total. The Morgan fingerprint density at radius 3 is 2.36 bits per heavy atom. The number of carbonyl (C=O) groups is 3. The van der Waals surface area contributed by atoms with Crippen LogP contribution in [0.2, 0.25) is 0 Å². The van der Waals surface area contributed by atoms with E-state index in [-0.39, 0.29) is 30.2 Å². The number of aryl methyl sites for hydroxylation is 2. The molecule has 3 aromatic rings. The minimum absolute atomic E-state index is 0.0668. The van der Waals surface area contributed by atoms with Crippen LogP contribution in [0.5, 0.6) is 17.2 Å². The molecule has 1 aliphatic rings. The van der Waals surface area contributed by atoms with Gasteiger partial charge in [-0.1, -0.05) is 6.07 Å². The predicted molar refractivity (Wildman–Crippen MR) is 142 cm³/mol. The van der Waals surface area contributed by atoms with E-state index in [1.165, 1.54) is 35.8 Å². The molecule has 202 valence electrons. The van der Waals surface area contributed by atoms with Crippen molar-refractivity contribution >= 4 is 34.8 Å². The topological polar surface area (TPSA) is 137 Å². The molecule has 1 fully saturated rings. The molecule has 1 atom stereocenters. The number of amides is 2. The van der Waals surface area contributed by atoms with E-state index in [1.807, 2.05) is 32.0 Å². The lowest BCUT2D eigenvalue weighted by molar-refractivity contribution is -0.383. The van der Waals surface area contributed by atoms with Gasteiger partial charge in [-0.05, 0) is 67.4 Å². The molecule has 0 radical (unpaired) electrons. The summed E-state index contributed by atoms with van der Waals surface area (Å²) in [6, 6.07) is 16.6. The number of nitrogens with zero attached hydrogens (tertiary/aromatic N) is 2. The third-order valence-corrected chi connectivity index (χ3v) is 6.34. The van der Waals surface area contributed by atoms with Gasteiger partial charge in [-0.3, -0.25) is 24.5 Å². The van der Waals surface area contributed by atoms with Crippen LogP contribution in [0.4, 0.5) is 17.1 Å².